The van der Waals surface area contributed by atoms with Crippen molar-refractivity contribution in [2.45, 2.75) is 79.3 Å². The van der Waals surface area contributed by atoms with Crippen LogP contribution >= 0.6 is 58.0 Å². The fraction of sp³-hybridized carbons (Fsp3) is 0.181. The number of carbonyl (C=O) groups excluding carboxylic acids is 3. The maximum atomic E-state index is 14.4. The normalized spacial score (nSPS) is 11.2. The molecule has 27 heteroatoms. The molecular weight excluding hydrogens is 1510 g/mol. The summed E-state index contributed by atoms with van der Waals surface area (Å²) in [6.45, 7) is 24.7. The number of aliphatic hydroxyl groups excluding tert-OH is 2. The third-order valence-electron chi connectivity index (χ3n) is 16.7. The number of hydrogen-bond donors (Lipinski definition) is 7. The fourth-order valence-corrected chi connectivity index (χ4v) is 11.6. The van der Waals surface area contributed by atoms with Gasteiger partial charge in [-0.2, -0.15) is 0 Å². The van der Waals surface area contributed by atoms with E-state index in [0.717, 1.165) is 33.4 Å². The number of ether oxygens (including phenoxy) is 1. The molecule has 0 aliphatic rings. The predicted octanol–water partition coefficient (Wildman–Crippen LogP) is 21.2. The van der Waals surface area contributed by atoms with Gasteiger partial charge in [-0.3, -0.25) is 44.5 Å². The maximum Gasteiger partial charge on any atom is 0.341 e. The summed E-state index contributed by atoms with van der Waals surface area (Å²) < 4.78 is 61.6. The first kappa shape index (κ1) is 84.7. The van der Waals surface area contributed by atoms with Crippen LogP contribution < -0.4 is 26.6 Å². The van der Waals surface area contributed by atoms with Crippen LogP contribution in [0.1, 0.15) is 121 Å². The van der Waals surface area contributed by atoms with Gasteiger partial charge in [0.25, 0.3) is 11.8 Å². The van der Waals surface area contributed by atoms with Crippen LogP contribution in [0.15, 0.2) is 197 Å². The number of aromatic nitrogens is 7. The number of pyridine rings is 7. The summed E-state index contributed by atoms with van der Waals surface area (Å²) in [5, 5.41) is 36.3. The van der Waals surface area contributed by atoms with Gasteiger partial charge in [-0.05, 0) is 177 Å². The summed E-state index contributed by atoms with van der Waals surface area (Å²) in [5.74, 6) is -2.81. The number of rotatable bonds is 23. The topological polar surface area (TPSA) is 251 Å². The second kappa shape index (κ2) is 39.9. The summed E-state index contributed by atoms with van der Waals surface area (Å²) in [6.07, 6.45) is 16.7. The van der Waals surface area contributed by atoms with Gasteiger partial charge in [-0.25, -0.2) is 22.4 Å². The standard InChI is InChI=1S/C24H26ClFN4O2.C24H24ClFN4O2.C21H17ClFN3O2.C14H10Cl2FN/c2*1-4-16(13-31)29-24(32)19-11-27-8-7-21(19)30-23-10-22(28-12-18(23)14(2)3)17-9-15(25)5-6-20(17)26;1-12(2)15-11-25-19(14-8-13(22)4-5-17(14)23)9-20(15)26-18-6-7-24-10-16(18)21(27)28-3;1-8(2)11-7-18-14(6-12(11)16)10-5-9(15)3-4-13(10)17/h5-12,14,16,31H,4,13H2,1-3H3,(H,29,32)(H,27,28,30);5-12,16,31H,2,4,13H2,1,3H3,(H,29,32)(H,27,28,30);4-11H,1H2,2-3H3,(H,24,25,26);3-7H,1H2,2H3/t2*16-;;/m00../s1. The van der Waals surface area contributed by atoms with Crippen LogP contribution in [0.25, 0.3) is 61.7 Å². The second-order valence-electron chi connectivity index (χ2n) is 25.1. The molecule has 11 aromatic rings. The van der Waals surface area contributed by atoms with Gasteiger partial charge in [0.15, 0.2) is 0 Å². The minimum absolute atomic E-state index is 0.126. The lowest BCUT2D eigenvalue weighted by atomic mass is 10.0. The van der Waals surface area contributed by atoms with Gasteiger partial charge in [0.05, 0.1) is 88.4 Å². The Hall–Kier alpha value is -11.0. The van der Waals surface area contributed by atoms with Crippen molar-refractivity contribution in [1.82, 2.24) is 45.5 Å². The fourth-order valence-electron chi connectivity index (χ4n) is 10.6. The van der Waals surface area contributed by atoms with Crippen molar-refractivity contribution in [3.8, 4) is 45.0 Å². The number of esters is 1. The minimum atomic E-state index is -0.525. The number of methoxy groups -OCH3 is 1. The van der Waals surface area contributed by atoms with Gasteiger partial charge >= 0.3 is 5.97 Å². The van der Waals surface area contributed by atoms with Crippen molar-refractivity contribution >= 4 is 127 Å². The number of nitrogens with zero attached hydrogens (tertiary/aromatic N) is 7. The van der Waals surface area contributed by atoms with Gasteiger partial charge in [-0.1, -0.05) is 105 Å². The third kappa shape index (κ3) is 22.4. The van der Waals surface area contributed by atoms with Crippen LogP contribution in [0.3, 0.4) is 0 Å². The zero-order valence-corrected chi connectivity index (χ0v) is 64.8. The van der Waals surface area contributed by atoms with E-state index in [-0.39, 0.29) is 71.1 Å². The van der Waals surface area contributed by atoms with Crippen molar-refractivity contribution in [2.75, 3.05) is 36.3 Å². The number of anilines is 6. The molecule has 18 nitrogen and oxygen atoms in total. The van der Waals surface area contributed by atoms with E-state index in [1.165, 1.54) is 98.5 Å². The molecule has 0 saturated carbocycles. The molecule has 0 unspecified atom stereocenters. The number of nitrogens with one attached hydrogen (secondary N) is 5. The molecule has 0 aliphatic heterocycles. The molecule has 4 aromatic carbocycles. The molecule has 0 bridgehead atoms. The zero-order chi connectivity index (χ0) is 80.0. The number of hydrogen-bond acceptors (Lipinski definition) is 16. The summed E-state index contributed by atoms with van der Waals surface area (Å²) in [6, 6.07) is 28.2. The average Bonchev–Trinajstić information content (AvgIpc) is 0.804. The first-order valence-corrected chi connectivity index (χ1v) is 36.0. The molecule has 2 atom stereocenters. The molecule has 0 fully saturated rings. The number of halogens is 9. The lowest BCUT2D eigenvalue weighted by molar-refractivity contribution is 0.0601. The molecule has 110 heavy (non-hydrogen) atoms. The van der Waals surface area contributed by atoms with Gasteiger partial charge in [-0.15, -0.1) is 0 Å². The van der Waals surface area contributed by atoms with Crippen LogP contribution in [0.2, 0.25) is 25.1 Å². The number of carbonyl (C=O) groups is 3. The number of allylic oxidation sites excluding steroid dienone is 3. The van der Waals surface area contributed by atoms with Gasteiger partial charge in [0.2, 0.25) is 0 Å². The molecular formula is C83H77Cl5F4N12O6. The lowest BCUT2D eigenvalue weighted by Crippen LogP contribution is -2.37. The van der Waals surface area contributed by atoms with Crippen LogP contribution in [0, 0.1) is 23.3 Å². The molecule has 7 heterocycles. The monoisotopic (exact) mass is 1590 g/mol. The van der Waals surface area contributed by atoms with E-state index < -0.39 is 23.4 Å². The Morgan fingerprint density at radius 3 is 1.07 bits per heavy atom. The van der Waals surface area contributed by atoms with E-state index in [0.29, 0.717) is 117 Å². The Labute approximate surface area is 659 Å². The van der Waals surface area contributed by atoms with Gasteiger partial charge in [0, 0.05) is 138 Å². The molecule has 2 amide bonds. The Balaban J connectivity index is 0.000000188. The summed E-state index contributed by atoms with van der Waals surface area (Å²) >= 11 is 30.1. The van der Waals surface area contributed by atoms with Crippen molar-refractivity contribution in [2.24, 2.45) is 0 Å². The SMILES string of the molecule is C=C(C)c1cnc(-c2cc(Cl)ccc2F)cc1Cl.C=C(C)c1cnc(-c2cc(Cl)ccc2F)cc1Nc1ccncc1C(=O)N[C@@H](CC)CO.C=C(C)c1cnc(-c2cc(Cl)ccc2F)cc1Nc1ccncc1C(=O)OC.CC[C@@H](CO)NC(=O)c1cnccc1Nc1cc(-c2cc(Cl)ccc2F)ncc1C(C)C. The Bertz CT molecular complexity index is 5210. The predicted molar refractivity (Wildman–Crippen MR) is 433 cm³/mol. The highest BCUT2D eigenvalue weighted by molar-refractivity contribution is 6.33. The van der Waals surface area contributed by atoms with Crippen molar-refractivity contribution in [1.29, 1.82) is 0 Å². The highest BCUT2D eigenvalue weighted by Crippen LogP contribution is 2.38. The van der Waals surface area contributed by atoms with Crippen LogP contribution in [-0.2, 0) is 4.74 Å². The van der Waals surface area contributed by atoms with E-state index >= 15 is 0 Å². The zero-order valence-electron chi connectivity index (χ0n) is 61.0. The Kier molecular flexibility index (Phi) is 30.7. The van der Waals surface area contributed by atoms with Crippen LogP contribution in [0.4, 0.5) is 51.7 Å². The summed E-state index contributed by atoms with van der Waals surface area (Å²) in [7, 11) is 1.30. The lowest BCUT2D eigenvalue weighted by Gasteiger charge is -2.19. The molecule has 7 N–H and O–H groups in total. The maximum absolute atomic E-state index is 14.4. The molecule has 0 aliphatic carbocycles. The van der Waals surface area contributed by atoms with E-state index in [1.54, 1.807) is 85.8 Å². The van der Waals surface area contributed by atoms with Crippen molar-refractivity contribution < 1.29 is 46.9 Å². The smallest absolute Gasteiger partial charge is 0.341 e. The number of benzene rings is 4. The van der Waals surface area contributed by atoms with Crippen LogP contribution in [0.5, 0.6) is 0 Å². The molecule has 0 saturated heterocycles. The van der Waals surface area contributed by atoms with E-state index in [4.69, 9.17) is 62.7 Å². The minimum Gasteiger partial charge on any atom is -0.465 e. The molecule has 568 valence electrons. The molecule has 0 radical (unpaired) electrons. The van der Waals surface area contributed by atoms with E-state index in [2.05, 4.69) is 81.2 Å². The first-order chi connectivity index (χ1) is 52.6. The summed E-state index contributed by atoms with van der Waals surface area (Å²) in [5.41, 5.74) is 12.5. The van der Waals surface area contributed by atoms with Crippen molar-refractivity contribution in [3.63, 3.8) is 0 Å². The van der Waals surface area contributed by atoms with Gasteiger partial charge < -0.3 is 41.5 Å². The largest absolute Gasteiger partial charge is 0.465 e. The van der Waals surface area contributed by atoms with Crippen molar-refractivity contribution in [3.05, 3.63) is 284 Å². The summed E-state index contributed by atoms with van der Waals surface area (Å²) in [4.78, 5) is 67.0. The third-order valence-corrected chi connectivity index (χ3v) is 17.9. The molecule has 7 aromatic heterocycles. The highest BCUT2D eigenvalue weighted by atomic mass is 35.5. The van der Waals surface area contributed by atoms with E-state index in [1.807, 2.05) is 48.5 Å². The first-order valence-electron chi connectivity index (χ1n) is 34.1. The quantitative estimate of drug-likeness (QED) is 0.0232. The number of amides is 2. The molecule has 0 spiro atoms. The van der Waals surface area contributed by atoms with E-state index in [9.17, 15) is 42.2 Å². The molecule has 11 rings (SSSR count). The highest BCUT2D eigenvalue weighted by Gasteiger charge is 2.23. The Morgan fingerprint density at radius 2 is 0.745 bits per heavy atom. The number of aliphatic hydroxyl groups is 2. The van der Waals surface area contributed by atoms with Crippen LogP contribution in [-0.4, -0.2) is 95.3 Å². The Morgan fingerprint density at radius 1 is 0.427 bits per heavy atom. The van der Waals surface area contributed by atoms with Gasteiger partial charge in [0.1, 0.15) is 28.8 Å². The average molecular weight is 1590 g/mol. The second-order valence-corrected chi connectivity index (χ2v) is 27.2.